The highest BCUT2D eigenvalue weighted by Gasteiger charge is 2.72. The molecule has 4 N–H and O–H groups in total. The second-order valence-corrected chi connectivity index (χ2v) is 5.44. The van der Waals surface area contributed by atoms with Crippen LogP contribution in [0.1, 0.15) is 16.7 Å². The number of nitrogens with two attached hydrogens (primary N) is 2. The molecule has 0 aliphatic rings. The third-order valence-electron chi connectivity index (χ3n) is 3.87. The normalized spacial score (nSPS) is 13.1. The Kier molecular flexibility index (Phi) is 4.20. The van der Waals surface area contributed by atoms with Crippen molar-refractivity contribution >= 4 is 11.4 Å². The molecule has 2 rings (SSSR count). The fraction of sp³-hybridized carbons (Fsp3) is 0.250. The van der Waals surface area contributed by atoms with Gasteiger partial charge >= 0.3 is 12.4 Å². The number of halogens is 6. The van der Waals surface area contributed by atoms with Crippen LogP contribution in [-0.2, 0) is 5.41 Å². The summed E-state index contributed by atoms with van der Waals surface area (Å²) in [6, 6.07) is 6.31. The zero-order valence-electron chi connectivity index (χ0n) is 12.5. The predicted octanol–water partition coefficient (Wildman–Crippen LogP) is 4.57. The number of hydrogen-bond donors (Lipinski definition) is 2. The van der Waals surface area contributed by atoms with Crippen molar-refractivity contribution in [2.45, 2.75) is 24.7 Å². The molecule has 0 amide bonds. The molecule has 0 saturated carbocycles. The van der Waals surface area contributed by atoms with Gasteiger partial charge in [0.05, 0.1) is 0 Å². The van der Waals surface area contributed by atoms with Crippen LogP contribution in [0.3, 0.4) is 0 Å². The van der Waals surface area contributed by atoms with E-state index in [1.807, 2.05) is 0 Å². The van der Waals surface area contributed by atoms with Crippen LogP contribution >= 0.6 is 0 Å². The highest BCUT2D eigenvalue weighted by atomic mass is 19.4. The first-order chi connectivity index (χ1) is 10.9. The summed E-state index contributed by atoms with van der Waals surface area (Å²) in [5, 5.41) is 0. The maximum Gasteiger partial charge on any atom is 0.411 e. The molecule has 8 heteroatoms. The maximum absolute atomic E-state index is 13.8. The number of hydrogen-bond acceptors (Lipinski definition) is 2. The predicted molar refractivity (Wildman–Crippen MR) is 79.3 cm³/mol. The SMILES string of the molecule is Cc1cc(C(c2cccc(N)c2)(C(F)(F)F)C(F)(F)F)ccc1N. The summed E-state index contributed by atoms with van der Waals surface area (Å²) >= 11 is 0. The lowest BCUT2D eigenvalue weighted by atomic mass is 9.72. The Balaban J connectivity index is 2.94. The number of alkyl halides is 6. The highest BCUT2D eigenvalue weighted by Crippen LogP contribution is 2.56. The third-order valence-corrected chi connectivity index (χ3v) is 3.87. The molecule has 0 spiro atoms. The van der Waals surface area contributed by atoms with Gasteiger partial charge < -0.3 is 11.5 Å². The van der Waals surface area contributed by atoms with Gasteiger partial charge in [0.2, 0.25) is 5.41 Å². The van der Waals surface area contributed by atoms with E-state index < -0.39 is 28.9 Å². The van der Waals surface area contributed by atoms with Crippen molar-refractivity contribution in [1.82, 2.24) is 0 Å². The topological polar surface area (TPSA) is 52.0 Å². The molecule has 0 atom stereocenters. The minimum absolute atomic E-state index is 0.101. The van der Waals surface area contributed by atoms with Crippen LogP contribution in [0.5, 0.6) is 0 Å². The van der Waals surface area contributed by atoms with Crippen molar-refractivity contribution in [3.8, 4) is 0 Å². The average molecular weight is 348 g/mol. The summed E-state index contributed by atoms with van der Waals surface area (Å²) in [6.07, 6.45) is -11.3. The molecule has 0 aliphatic carbocycles. The van der Waals surface area contributed by atoms with Gasteiger partial charge in [0.15, 0.2) is 0 Å². The van der Waals surface area contributed by atoms with Gasteiger partial charge in [-0.25, -0.2) is 0 Å². The average Bonchev–Trinajstić information content (AvgIpc) is 2.40. The lowest BCUT2D eigenvalue weighted by Crippen LogP contribution is -2.54. The van der Waals surface area contributed by atoms with Crippen LogP contribution in [0.15, 0.2) is 42.5 Å². The first-order valence-corrected chi connectivity index (χ1v) is 6.77. The molecule has 0 aromatic heterocycles. The first-order valence-electron chi connectivity index (χ1n) is 6.77. The quantitative estimate of drug-likeness (QED) is 0.617. The lowest BCUT2D eigenvalue weighted by Gasteiger charge is -2.38. The molecule has 2 nitrogen and oxygen atoms in total. The second-order valence-electron chi connectivity index (χ2n) is 5.44. The Morgan fingerprint density at radius 2 is 1.29 bits per heavy atom. The van der Waals surface area contributed by atoms with Gasteiger partial charge in [-0.3, -0.25) is 0 Å². The number of nitrogen functional groups attached to an aromatic ring is 2. The summed E-state index contributed by atoms with van der Waals surface area (Å²) in [5.74, 6) is 0. The Morgan fingerprint density at radius 3 is 1.75 bits per heavy atom. The first kappa shape index (κ1) is 18.0. The van der Waals surface area contributed by atoms with Crippen molar-refractivity contribution in [3.05, 3.63) is 59.2 Å². The number of aryl methyl sites for hydroxylation is 1. The smallest absolute Gasteiger partial charge is 0.399 e. The number of rotatable bonds is 2. The summed E-state index contributed by atoms with van der Waals surface area (Å²) in [7, 11) is 0. The molecule has 0 fully saturated rings. The maximum atomic E-state index is 13.8. The van der Waals surface area contributed by atoms with Crippen LogP contribution in [0.2, 0.25) is 0 Å². The summed E-state index contributed by atoms with van der Waals surface area (Å²) < 4.78 is 82.9. The van der Waals surface area contributed by atoms with E-state index in [0.717, 1.165) is 30.3 Å². The highest BCUT2D eigenvalue weighted by molar-refractivity contribution is 5.55. The van der Waals surface area contributed by atoms with Gasteiger partial charge in [-0.15, -0.1) is 0 Å². The van der Waals surface area contributed by atoms with E-state index in [1.165, 1.54) is 13.0 Å². The minimum atomic E-state index is -5.64. The van der Waals surface area contributed by atoms with Crippen molar-refractivity contribution in [2.24, 2.45) is 0 Å². The molecule has 24 heavy (non-hydrogen) atoms. The van der Waals surface area contributed by atoms with Gasteiger partial charge in [-0.1, -0.05) is 24.3 Å². The lowest BCUT2D eigenvalue weighted by molar-refractivity contribution is -0.288. The fourth-order valence-corrected chi connectivity index (χ4v) is 2.66. The van der Waals surface area contributed by atoms with E-state index in [2.05, 4.69) is 0 Å². The van der Waals surface area contributed by atoms with Gasteiger partial charge in [-0.2, -0.15) is 26.3 Å². The standard InChI is InChI=1S/C16H14F6N2/c1-9-7-11(5-6-13(9)24)14(15(17,18)19,16(20,21)22)10-3-2-4-12(23)8-10/h2-8H,23-24H2,1H3. The van der Waals surface area contributed by atoms with Crippen LogP contribution in [0.4, 0.5) is 37.7 Å². The molecule has 2 aromatic carbocycles. The fourth-order valence-electron chi connectivity index (χ4n) is 2.66. The van der Waals surface area contributed by atoms with Gasteiger partial charge in [0, 0.05) is 11.4 Å². The molecule has 0 saturated heterocycles. The molecule has 0 radical (unpaired) electrons. The number of benzene rings is 2. The Hall–Kier alpha value is -2.38. The Labute approximate surface area is 134 Å². The summed E-state index contributed by atoms with van der Waals surface area (Å²) in [4.78, 5) is 0. The van der Waals surface area contributed by atoms with Gasteiger partial charge in [0.25, 0.3) is 0 Å². The molecule has 0 bridgehead atoms. The monoisotopic (exact) mass is 348 g/mol. The van der Waals surface area contributed by atoms with Crippen LogP contribution in [-0.4, -0.2) is 12.4 Å². The van der Waals surface area contributed by atoms with Gasteiger partial charge in [0.1, 0.15) is 0 Å². The molecular weight excluding hydrogens is 334 g/mol. The molecular formula is C16H14F6N2. The molecule has 0 heterocycles. The van der Waals surface area contributed by atoms with Crippen LogP contribution in [0, 0.1) is 6.92 Å². The second kappa shape index (κ2) is 5.61. The third kappa shape index (κ3) is 2.65. The molecule has 130 valence electrons. The zero-order chi connectivity index (χ0) is 18.3. The van der Waals surface area contributed by atoms with Crippen molar-refractivity contribution in [3.63, 3.8) is 0 Å². The Bertz CT molecular complexity index is 735. The van der Waals surface area contributed by atoms with E-state index >= 15 is 0 Å². The van der Waals surface area contributed by atoms with E-state index in [-0.39, 0.29) is 16.9 Å². The van der Waals surface area contributed by atoms with Crippen molar-refractivity contribution < 1.29 is 26.3 Å². The zero-order valence-corrected chi connectivity index (χ0v) is 12.5. The van der Waals surface area contributed by atoms with E-state index in [4.69, 9.17) is 11.5 Å². The van der Waals surface area contributed by atoms with E-state index in [0.29, 0.717) is 6.07 Å². The Morgan fingerprint density at radius 1 is 0.750 bits per heavy atom. The summed E-state index contributed by atoms with van der Waals surface area (Å²) in [5.41, 5.74) is 4.82. The van der Waals surface area contributed by atoms with E-state index in [9.17, 15) is 26.3 Å². The summed E-state index contributed by atoms with van der Waals surface area (Å²) in [6.45, 7) is 1.34. The number of anilines is 2. The molecule has 0 aliphatic heterocycles. The minimum Gasteiger partial charge on any atom is -0.399 e. The van der Waals surface area contributed by atoms with Crippen LogP contribution < -0.4 is 11.5 Å². The van der Waals surface area contributed by atoms with Crippen molar-refractivity contribution in [2.75, 3.05) is 11.5 Å². The van der Waals surface area contributed by atoms with E-state index in [1.54, 1.807) is 0 Å². The molecule has 0 unspecified atom stereocenters. The largest absolute Gasteiger partial charge is 0.411 e. The molecule has 2 aromatic rings. The van der Waals surface area contributed by atoms with Crippen molar-refractivity contribution in [1.29, 1.82) is 0 Å². The van der Waals surface area contributed by atoms with Gasteiger partial charge in [-0.05, 0) is 41.8 Å². The van der Waals surface area contributed by atoms with Crippen LogP contribution in [0.25, 0.3) is 0 Å².